The fourth-order valence-corrected chi connectivity index (χ4v) is 1.38. The number of rotatable bonds is 2. The smallest absolute Gasteiger partial charge is 0.331 e. The molecule has 1 heterocycles. The number of esters is 2. The first-order valence-electron chi connectivity index (χ1n) is 5.13. The van der Waals surface area contributed by atoms with Crippen molar-refractivity contribution in [3.63, 3.8) is 0 Å². The minimum atomic E-state index is -0.486. The molecular weight excluding hydrogens is 196 g/mol. The van der Waals surface area contributed by atoms with Crippen LogP contribution in [0.1, 0.15) is 26.7 Å². The van der Waals surface area contributed by atoms with Gasteiger partial charge in [0.1, 0.15) is 13.2 Å². The maximum Gasteiger partial charge on any atom is 0.331 e. The summed E-state index contributed by atoms with van der Waals surface area (Å²) >= 11 is 0. The van der Waals surface area contributed by atoms with E-state index in [0.29, 0.717) is 13.2 Å². The second-order valence-corrected chi connectivity index (χ2v) is 3.76. The highest BCUT2D eigenvalue weighted by Gasteiger charge is 2.30. The molecule has 15 heavy (non-hydrogen) atoms. The molecule has 0 atom stereocenters. The van der Waals surface area contributed by atoms with Crippen molar-refractivity contribution in [2.45, 2.75) is 26.7 Å². The van der Waals surface area contributed by atoms with Gasteiger partial charge in [0, 0.05) is 17.6 Å². The van der Waals surface area contributed by atoms with Gasteiger partial charge in [-0.25, -0.2) is 9.59 Å². The standard InChI is InChI=1S/C11H16O4/c1-3-11(4-2)7-14-9(12)5-6-10(13)15-8-11/h5-6H,3-4,7-8H2,1-2H3/b6-5-. The fourth-order valence-electron chi connectivity index (χ4n) is 1.38. The maximum absolute atomic E-state index is 11.1. The predicted octanol–water partition coefficient (Wildman–Crippen LogP) is 1.45. The molecule has 4 heteroatoms. The van der Waals surface area contributed by atoms with Crippen LogP contribution in [0.15, 0.2) is 12.2 Å². The lowest BCUT2D eigenvalue weighted by Gasteiger charge is -2.29. The Morgan fingerprint density at radius 1 is 1.07 bits per heavy atom. The van der Waals surface area contributed by atoms with Gasteiger partial charge < -0.3 is 9.47 Å². The van der Waals surface area contributed by atoms with E-state index in [1.54, 1.807) is 0 Å². The molecule has 4 nitrogen and oxygen atoms in total. The minimum absolute atomic E-state index is 0.239. The van der Waals surface area contributed by atoms with E-state index in [0.717, 1.165) is 25.0 Å². The van der Waals surface area contributed by atoms with Gasteiger partial charge in [0.15, 0.2) is 0 Å². The third-order valence-corrected chi connectivity index (χ3v) is 2.90. The Morgan fingerprint density at radius 3 is 1.80 bits per heavy atom. The van der Waals surface area contributed by atoms with Crippen molar-refractivity contribution < 1.29 is 19.1 Å². The van der Waals surface area contributed by atoms with Crippen molar-refractivity contribution in [2.75, 3.05) is 13.2 Å². The van der Waals surface area contributed by atoms with Gasteiger partial charge in [0.05, 0.1) is 0 Å². The summed E-state index contributed by atoms with van der Waals surface area (Å²) in [4.78, 5) is 22.3. The normalized spacial score (nSPS) is 23.1. The van der Waals surface area contributed by atoms with Crippen LogP contribution in [0.5, 0.6) is 0 Å². The Balaban J connectivity index is 2.79. The Morgan fingerprint density at radius 2 is 1.47 bits per heavy atom. The summed E-state index contributed by atoms with van der Waals surface area (Å²) in [5, 5.41) is 0. The molecule has 1 aliphatic heterocycles. The molecule has 0 N–H and O–H groups in total. The average Bonchev–Trinajstić information content (AvgIpc) is 2.33. The Bertz CT molecular complexity index is 252. The molecule has 0 aromatic heterocycles. The summed E-state index contributed by atoms with van der Waals surface area (Å²) in [5.74, 6) is -0.972. The highest BCUT2D eigenvalue weighted by molar-refractivity contribution is 5.91. The number of ether oxygens (including phenoxy) is 2. The van der Waals surface area contributed by atoms with Crippen LogP contribution in [0.4, 0.5) is 0 Å². The first kappa shape index (κ1) is 11.8. The van der Waals surface area contributed by atoms with Crippen LogP contribution < -0.4 is 0 Å². The van der Waals surface area contributed by atoms with E-state index in [9.17, 15) is 9.59 Å². The molecule has 0 aromatic carbocycles. The van der Waals surface area contributed by atoms with E-state index >= 15 is 0 Å². The third-order valence-electron chi connectivity index (χ3n) is 2.90. The molecule has 0 saturated carbocycles. The number of hydrogen-bond acceptors (Lipinski definition) is 4. The Hall–Kier alpha value is -1.32. The zero-order chi connectivity index (χ0) is 11.3. The predicted molar refractivity (Wildman–Crippen MR) is 54.1 cm³/mol. The van der Waals surface area contributed by atoms with E-state index in [1.807, 2.05) is 13.8 Å². The molecule has 0 radical (unpaired) electrons. The second kappa shape index (κ2) is 4.96. The number of cyclic esters (lactones) is 2. The molecule has 0 amide bonds. The lowest BCUT2D eigenvalue weighted by molar-refractivity contribution is -0.146. The molecule has 0 unspecified atom stereocenters. The quantitative estimate of drug-likeness (QED) is 0.650. The highest BCUT2D eigenvalue weighted by Crippen LogP contribution is 2.27. The van der Waals surface area contributed by atoms with Crippen molar-refractivity contribution in [3.05, 3.63) is 12.2 Å². The molecule has 0 aromatic rings. The van der Waals surface area contributed by atoms with E-state index in [-0.39, 0.29) is 5.41 Å². The molecule has 1 rings (SSSR count). The van der Waals surface area contributed by atoms with Gasteiger partial charge in [-0.15, -0.1) is 0 Å². The molecule has 0 saturated heterocycles. The maximum atomic E-state index is 11.1. The Kier molecular flexibility index (Phi) is 3.88. The summed E-state index contributed by atoms with van der Waals surface area (Å²) in [6.45, 7) is 4.60. The van der Waals surface area contributed by atoms with Crippen molar-refractivity contribution >= 4 is 11.9 Å². The summed E-state index contributed by atoms with van der Waals surface area (Å²) in [7, 11) is 0. The Labute approximate surface area is 89.2 Å². The van der Waals surface area contributed by atoms with Crippen LogP contribution in [0.2, 0.25) is 0 Å². The van der Waals surface area contributed by atoms with Crippen molar-refractivity contribution in [1.82, 2.24) is 0 Å². The number of carbonyl (C=O) groups excluding carboxylic acids is 2. The lowest BCUT2D eigenvalue weighted by Crippen LogP contribution is -2.32. The third kappa shape index (κ3) is 3.08. The van der Waals surface area contributed by atoms with Gasteiger partial charge in [0.25, 0.3) is 0 Å². The van der Waals surface area contributed by atoms with E-state index in [4.69, 9.17) is 9.47 Å². The first-order chi connectivity index (χ1) is 7.12. The summed E-state index contributed by atoms with van der Waals surface area (Å²) in [6.07, 6.45) is 3.82. The van der Waals surface area contributed by atoms with Crippen LogP contribution in [0.25, 0.3) is 0 Å². The summed E-state index contributed by atoms with van der Waals surface area (Å²) in [6, 6.07) is 0. The van der Waals surface area contributed by atoms with Crippen LogP contribution in [-0.2, 0) is 19.1 Å². The van der Waals surface area contributed by atoms with Crippen LogP contribution in [0.3, 0.4) is 0 Å². The summed E-state index contributed by atoms with van der Waals surface area (Å²) in [5.41, 5.74) is -0.239. The fraction of sp³-hybridized carbons (Fsp3) is 0.636. The van der Waals surface area contributed by atoms with Gasteiger partial charge in [0.2, 0.25) is 0 Å². The molecule has 0 aliphatic carbocycles. The SMILES string of the molecule is CCC1(CC)COC(=O)/C=C\C(=O)OC1. The van der Waals surface area contributed by atoms with Crippen LogP contribution in [-0.4, -0.2) is 25.2 Å². The number of carbonyl (C=O) groups is 2. The zero-order valence-corrected chi connectivity index (χ0v) is 9.12. The van der Waals surface area contributed by atoms with Crippen LogP contribution in [0, 0.1) is 5.41 Å². The van der Waals surface area contributed by atoms with Crippen molar-refractivity contribution in [3.8, 4) is 0 Å². The highest BCUT2D eigenvalue weighted by atomic mass is 16.5. The molecule has 0 bridgehead atoms. The van der Waals surface area contributed by atoms with Gasteiger partial charge >= 0.3 is 11.9 Å². The molecule has 0 spiro atoms. The molecular formula is C11H16O4. The van der Waals surface area contributed by atoms with Crippen molar-refractivity contribution in [1.29, 1.82) is 0 Å². The van der Waals surface area contributed by atoms with Crippen molar-refractivity contribution in [2.24, 2.45) is 5.41 Å². The first-order valence-corrected chi connectivity index (χ1v) is 5.13. The second-order valence-electron chi connectivity index (χ2n) is 3.76. The van der Waals surface area contributed by atoms with E-state index in [2.05, 4.69) is 0 Å². The molecule has 84 valence electrons. The van der Waals surface area contributed by atoms with Gasteiger partial charge in [-0.2, -0.15) is 0 Å². The van der Waals surface area contributed by atoms with Gasteiger partial charge in [-0.05, 0) is 12.8 Å². The zero-order valence-electron chi connectivity index (χ0n) is 9.12. The number of hydrogen-bond donors (Lipinski definition) is 0. The average molecular weight is 212 g/mol. The molecule has 0 fully saturated rings. The largest absolute Gasteiger partial charge is 0.462 e. The lowest BCUT2D eigenvalue weighted by atomic mass is 9.84. The van der Waals surface area contributed by atoms with E-state index < -0.39 is 11.9 Å². The topological polar surface area (TPSA) is 52.6 Å². The monoisotopic (exact) mass is 212 g/mol. The van der Waals surface area contributed by atoms with E-state index in [1.165, 1.54) is 0 Å². The van der Waals surface area contributed by atoms with Crippen LogP contribution >= 0.6 is 0 Å². The summed E-state index contributed by atoms with van der Waals surface area (Å²) < 4.78 is 10.1. The molecule has 1 aliphatic rings. The van der Waals surface area contributed by atoms with Gasteiger partial charge in [-0.1, -0.05) is 13.8 Å². The van der Waals surface area contributed by atoms with Gasteiger partial charge in [-0.3, -0.25) is 0 Å². The minimum Gasteiger partial charge on any atom is -0.462 e.